The van der Waals surface area contributed by atoms with Crippen molar-refractivity contribution in [2.24, 2.45) is 0 Å². The second-order valence-corrected chi connectivity index (χ2v) is 5.88. The molecule has 4 nitrogen and oxygen atoms in total. The molecule has 0 unspecified atom stereocenters. The summed E-state index contributed by atoms with van der Waals surface area (Å²) in [6.45, 7) is 0.612. The average molecular weight is 327 g/mol. The van der Waals surface area contributed by atoms with Gasteiger partial charge >= 0.3 is 0 Å². The van der Waals surface area contributed by atoms with E-state index in [2.05, 4.69) is 10.4 Å². The fourth-order valence-corrected chi connectivity index (χ4v) is 2.84. The van der Waals surface area contributed by atoms with Crippen LogP contribution in [0.25, 0.3) is 10.8 Å². The number of carbonyl (C=O) groups is 1. The highest BCUT2D eigenvalue weighted by Crippen LogP contribution is 2.17. The van der Waals surface area contributed by atoms with Gasteiger partial charge in [0.25, 0.3) is 5.91 Å². The topological polar surface area (TPSA) is 46.9 Å². The molecule has 0 aliphatic rings. The first kappa shape index (κ1) is 15.1. The molecule has 4 heteroatoms. The van der Waals surface area contributed by atoms with Crippen molar-refractivity contribution in [3.05, 3.63) is 96.2 Å². The predicted octanol–water partition coefficient (Wildman–Crippen LogP) is 4.34. The Labute approximate surface area is 145 Å². The summed E-state index contributed by atoms with van der Waals surface area (Å²) in [6, 6.07) is 25.6. The monoisotopic (exact) mass is 327 g/mol. The van der Waals surface area contributed by atoms with Crippen LogP contribution in [0.3, 0.4) is 0 Å². The van der Waals surface area contributed by atoms with Gasteiger partial charge in [-0.2, -0.15) is 5.10 Å². The molecule has 0 saturated heterocycles. The minimum absolute atomic E-state index is 0.138. The Morgan fingerprint density at radius 3 is 2.48 bits per heavy atom. The predicted molar refractivity (Wildman–Crippen MR) is 99.7 cm³/mol. The van der Waals surface area contributed by atoms with Crippen LogP contribution in [0.4, 0.5) is 5.82 Å². The normalized spacial score (nSPS) is 10.7. The van der Waals surface area contributed by atoms with Gasteiger partial charge in [-0.05, 0) is 28.5 Å². The molecule has 1 amide bonds. The van der Waals surface area contributed by atoms with Crippen molar-refractivity contribution in [3.63, 3.8) is 0 Å². The molecule has 0 bridgehead atoms. The first-order valence-corrected chi connectivity index (χ1v) is 8.15. The number of hydrogen-bond donors (Lipinski definition) is 1. The summed E-state index contributed by atoms with van der Waals surface area (Å²) in [6.07, 6.45) is 1.69. The Hall–Kier alpha value is -3.40. The van der Waals surface area contributed by atoms with E-state index in [1.54, 1.807) is 10.9 Å². The van der Waals surface area contributed by atoms with Crippen molar-refractivity contribution in [1.29, 1.82) is 0 Å². The SMILES string of the molecule is O=C(Nc1ccnn1Cc1ccccc1)c1ccc2ccccc2c1. The Morgan fingerprint density at radius 1 is 0.880 bits per heavy atom. The van der Waals surface area contributed by atoms with E-state index in [0.29, 0.717) is 17.9 Å². The number of nitrogens with one attached hydrogen (secondary N) is 1. The minimum atomic E-state index is -0.138. The smallest absolute Gasteiger partial charge is 0.256 e. The van der Waals surface area contributed by atoms with Crippen molar-refractivity contribution >= 4 is 22.5 Å². The molecule has 1 aromatic heterocycles. The third kappa shape index (κ3) is 3.28. The van der Waals surface area contributed by atoms with Crippen LogP contribution in [0.15, 0.2) is 85.1 Å². The third-order valence-electron chi connectivity index (χ3n) is 4.14. The molecule has 0 radical (unpaired) electrons. The van der Waals surface area contributed by atoms with E-state index in [1.807, 2.05) is 78.9 Å². The van der Waals surface area contributed by atoms with Crippen LogP contribution < -0.4 is 5.32 Å². The lowest BCUT2D eigenvalue weighted by Gasteiger charge is -2.10. The highest BCUT2D eigenvalue weighted by Gasteiger charge is 2.10. The molecule has 122 valence electrons. The molecule has 0 aliphatic heterocycles. The molecule has 0 aliphatic carbocycles. The Balaban J connectivity index is 1.55. The van der Waals surface area contributed by atoms with E-state index in [0.717, 1.165) is 16.3 Å². The summed E-state index contributed by atoms with van der Waals surface area (Å²) in [4.78, 5) is 12.6. The molecule has 25 heavy (non-hydrogen) atoms. The Kier molecular flexibility index (Phi) is 4.01. The maximum atomic E-state index is 12.6. The highest BCUT2D eigenvalue weighted by molar-refractivity contribution is 6.06. The number of benzene rings is 3. The number of hydrogen-bond acceptors (Lipinski definition) is 2. The van der Waals surface area contributed by atoms with Crippen molar-refractivity contribution in [3.8, 4) is 0 Å². The zero-order valence-corrected chi connectivity index (χ0v) is 13.6. The molecule has 0 spiro atoms. The largest absolute Gasteiger partial charge is 0.307 e. The van der Waals surface area contributed by atoms with Crippen molar-refractivity contribution in [1.82, 2.24) is 9.78 Å². The van der Waals surface area contributed by atoms with E-state index >= 15 is 0 Å². The first-order valence-electron chi connectivity index (χ1n) is 8.15. The number of nitrogens with zero attached hydrogens (tertiary/aromatic N) is 2. The molecule has 3 aromatic carbocycles. The summed E-state index contributed by atoms with van der Waals surface area (Å²) in [5.74, 6) is 0.544. The van der Waals surface area contributed by atoms with Crippen LogP contribution in [-0.2, 0) is 6.54 Å². The average Bonchev–Trinajstić information content (AvgIpc) is 3.08. The molecule has 1 N–H and O–H groups in total. The van der Waals surface area contributed by atoms with Crippen LogP contribution in [-0.4, -0.2) is 15.7 Å². The van der Waals surface area contributed by atoms with Gasteiger partial charge in [0.15, 0.2) is 0 Å². The van der Waals surface area contributed by atoms with E-state index in [4.69, 9.17) is 0 Å². The number of rotatable bonds is 4. The minimum Gasteiger partial charge on any atom is -0.307 e. The van der Waals surface area contributed by atoms with E-state index in [9.17, 15) is 4.79 Å². The van der Waals surface area contributed by atoms with Gasteiger partial charge in [-0.15, -0.1) is 0 Å². The molecule has 4 aromatic rings. The first-order chi connectivity index (χ1) is 12.3. The fourth-order valence-electron chi connectivity index (χ4n) is 2.84. The quantitative estimate of drug-likeness (QED) is 0.606. The van der Waals surface area contributed by atoms with Crippen LogP contribution >= 0.6 is 0 Å². The number of fused-ring (bicyclic) bond motifs is 1. The molecule has 1 heterocycles. The van der Waals surface area contributed by atoms with Crippen molar-refractivity contribution in [2.75, 3.05) is 5.32 Å². The van der Waals surface area contributed by atoms with Crippen LogP contribution in [0.2, 0.25) is 0 Å². The summed E-state index contributed by atoms with van der Waals surface area (Å²) in [5, 5.41) is 9.43. The van der Waals surface area contributed by atoms with Gasteiger partial charge in [-0.25, -0.2) is 4.68 Å². The molecule has 0 saturated carbocycles. The lowest BCUT2D eigenvalue weighted by Crippen LogP contribution is -2.16. The summed E-state index contributed by atoms with van der Waals surface area (Å²) < 4.78 is 1.79. The molecular weight excluding hydrogens is 310 g/mol. The second-order valence-electron chi connectivity index (χ2n) is 5.88. The van der Waals surface area contributed by atoms with Gasteiger partial charge in [0.2, 0.25) is 0 Å². The fraction of sp³-hybridized carbons (Fsp3) is 0.0476. The zero-order valence-electron chi connectivity index (χ0n) is 13.6. The standard InChI is InChI=1S/C21H17N3O/c25-21(19-11-10-17-8-4-5-9-18(17)14-19)23-20-12-13-22-24(20)15-16-6-2-1-3-7-16/h1-14H,15H2,(H,23,25). The molecule has 0 atom stereocenters. The van der Waals surface area contributed by atoms with Crippen LogP contribution in [0.5, 0.6) is 0 Å². The van der Waals surface area contributed by atoms with Crippen LogP contribution in [0, 0.1) is 0 Å². The van der Waals surface area contributed by atoms with Gasteiger partial charge in [-0.1, -0.05) is 60.7 Å². The number of amides is 1. The van der Waals surface area contributed by atoms with Crippen molar-refractivity contribution < 1.29 is 4.79 Å². The van der Waals surface area contributed by atoms with Gasteiger partial charge in [-0.3, -0.25) is 4.79 Å². The van der Waals surface area contributed by atoms with E-state index in [-0.39, 0.29) is 5.91 Å². The van der Waals surface area contributed by atoms with Gasteiger partial charge in [0, 0.05) is 11.6 Å². The number of anilines is 1. The lowest BCUT2D eigenvalue weighted by atomic mass is 10.1. The summed E-state index contributed by atoms with van der Waals surface area (Å²) >= 11 is 0. The Morgan fingerprint density at radius 2 is 1.64 bits per heavy atom. The zero-order chi connectivity index (χ0) is 17.1. The number of aromatic nitrogens is 2. The lowest BCUT2D eigenvalue weighted by molar-refractivity contribution is 0.102. The van der Waals surface area contributed by atoms with Gasteiger partial charge in [0.05, 0.1) is 12.7 Å². The Bertz CT molecular complexity index is 1020. The van der Waals surface area contributed by atoms with E-state index < -0.39 is 0 Å². The summed E-state index contributed by atoms with van der Waals surface area (Å²) in [5.41, 5.74) is 1.76. The molecular formula is C21H17N3O. The summed E-state index contributed by atoms with van der Waals surface area (Å²) in [7, 11) is 0. The highest BCUT2D eigenvalue weighted by atomic mass is 16.1. The van der Waals surface area contributed by atoms with Crippen molar-refractivity contribution in [2.45, 2.75) is 6.54 Å². The second kappa shape index (κ2) is 6.61. The molecule has 4 rings (SSSR count). The molecule has 0 fully saturated rings. The van der Waals surface area contributed by atoms with E-state index in [1.165, 1.54) is 0 Å². The van der Waals surface area contributed by atoms with Crippen LogP contribution in [0.1, 0.15) is 15.9 Å². The third-order valence-corrected chi connectivity index (χ3v) is 4.14. The maximum Gasteiger partial charge on any atom is 0.256 e. The van der Waals surface area contributed by atoms with Gasteiger partial charge in [0.1, 0.15) is 5.82 Å². The van der Waals surface area contributed by atoms with Gasteiger partial charge < -0.3 is 5.32 Å². The maximum absolute atomic E-state index is 12.6. The number of carbonyl (C=O) groups excluding carboxylic acids is 1.